The van der Waals surface area contributed by atoms with E-state index in [1.165, 1.54) is 7.11 Å². The number of ketones is 1. The first-order valence-electron chi connectivity index (χ1n) is 5.64. The number of carbonyl (C=O) groups excluding carboxylic acids is 2. The average molecular weight is 222 g/mol. The van der Waals surface area contributed by atoms with Crippen LogP contribution in [0, 0.1) is 22.7 Å². The van der Waals surface area contributed by atoms with Gasteiger partial charge in [0.1, 0.15) is 5.41 Å². The number of rotatable bonds is 2. The minimum atomic E-state index is -0.883. The summed E-state index contributed by atoms with van der Waals surface area (Å²) in [6, 6.07) is 0. The lowest BCUT2D eigenvalue weighted by Crippen LogP contribution is -2.38. The summed E-state index contributed by atoms with van der Waals surface area (Å²) < 4.78 is 4.80. The van der Waals surface area contributed by atoms with Gasteiger partial charge >= 0.3 is 5.97 Å². The smallest absolute Gasteiger partial charge is 0.320 e. The summed E-state index contributed by atoms with van der Waals surface area (Å²) in [5, 5.41) is 0. The lowest BCUT2D eigenvalue weighted by atomic mass is 9.72. The van der Waals surface area contributed by atoms with Crippen LogP contribution in [-0.2, 0) is 14.3 Å². The van der Waals surface area contributed by atoms with E-state index in [9.17, 15) is 9.59 Å². The van der Waals surface area contributed by atoms with Crippen molar-refractivity contribution < 1.29 is 14.3 Å². The molecular weight excluding hydrogens is 204 g/mol. The standard InChI is InChI=1S/C13H18O3/c1-5-8-9-6-12(2,3)7-10(14)13(8,9)11(15)16-4/h5,8-9H,1,6-7H2,2-4H3/t8-,9-,13-/m0/s1. The van der Waals surface area contributed by atoms with E-state index < -0.39 is 5.41 Å². The Labute approximate surface area is 95.9 Å². The highest BCUT2D eigenvalue weighted by atomic mass is 16.5. The van der Waals surface area contributed by atoms with Crippen LogP contribution in [0.3, 0.4) is 0 Å². The lowest BCUT2D eigenvalue weighted by Gasteiger charge is -2.31. The second-order valence-corrected chi connectivity index (χ2v) is 5.70. The summed E-state index contributed by atoms with van der Waals surface area (Å²) in [6.07, 6.45) is 3.09. The molecule has 2 aliphatic rings. The first-order valence-corrected chi connectivity index (χ1v) is 5.64. The summed E-state index contributed by atoms with van der Waals surface area (Å²) in [6.45, 7) is 7.88. The minimum absolute atomic E-state index is 0.00295. The maximum atomic E-state index is 12.2. The Balaban J connectivity index is 2.36. The van der Waals surface area contributed by atoms with Gasteiger partial charge in [0.15, 0.2) is 5.78 Å². The Morgan fingerprint density at radius 3 is 2.69 bits per heavy atom. The Morgan fingerprint density at radius 2 is 2.19 bits per heavy atom. The van der Waals surface area contributed by atoms with Crippen LogP contribution in [0.2, 0.25) is 0 Å². The van der Waals surface area contributed by atoms with E-state index in [-0.39, 0.29) is 29.0 Å². The highest BCUT2D eigenvalue weighted by Crippen LogP contribution is 2.68. The molecule has 0 radical (unpaired) electrons. The molecule has 0 aromatic heterocycles. The normalized spacial score (nSPS) is 39.8. The second kappa shape index (κ2) is 3.19. The van der Waals surface area contributed by atoms with Crippen molar-refractivity contribution in [1.29, 1.82) is 0 Å². The molecule has 0 saturated heterocycles. The molecule has 2 rings (SSSR count). The maximum absolute atomic E-state index is 12.2. The first-order chi connectivity index (χ1) is 7.40. The van der Waals surface area contributed by atoms with Gasteiger partial charge < -0.3 is 4.74 Å². The monoisotopic (exact) mass is 222 g/mol. The molecule has 0 unspecified atom stereocenters. The third kappa shape index (κ3) is 1.20. The van der Waals surface area contributed by atoms with Crippen LogP contribution in [-0.4, -0.2) is 18.9 Å². The number of hydrogen-bond acceptors (Lipinski definition) is 3. The van der Waals surface area contributed by atoms with Crippen molar-refractivity contribution in [3.63, 3.8) is 0 Å². The molecule has 3 nitrogen and oxygen atoms in total. The number of hydrogen-bond donors (Lipinski definition) is 0. The fourth-order valence-corrected chi connectivity index (χ4v) is 3.34. The van der Waals surface area contributed by atoms with Crippen molar-refractivity contribution in [2.24, 2.45) is 22.7 Å². The third-order valence-corrected chi connectivity index (χ3v) is 4.09. The summed E-state index contributed by atoms with van der Waals surface area (Å²) in [5.41, 5.74) is -0.886. The number of ether oxygens (including phenoxy) is 1. The van der Waals surface area contributed by atoms with Gasteiger partial charge in [-0.1, -0.05) is 19.9 Å². The SMILES string of the molecule is C=C[C@H]1[C@@H]2CC(C)(C)CC(=O)[C@]12C(=O)OC. The zero-order valence-corrected chi connectivity index (χ0v) is 10.1. The molecule has 0 aliphatic heterocycles. The quantitative estimate of drug-likeness (QED) is 0.407. The average Bonchev–Trinajstić information content (AvgIpc) is 2.83. The predicted molar refractivity (Wildman–Crippen MR) is 59.6 cm³/mol. The van der Waals surface area contributed by atoms with E-state index in [0.29, 0.717) is 6.42 Å². The van der Waals surface area contributed by atoms with Gasteiger partial charge in [-0.05, 0) is 17.8 Å². The van der Waals surface area contributed by atoms with Gasteiger partial charge in [-0.2, -0.15) is 0 Å². The van der Waals surface area contributed by atoms with E-state index in [2.05, 4.69) is 20.4 Å². The zero-order valence-electron chi connectivity index (χ0n) is 10.1. The van der Waals surface area contributed by atoms with E-state index in [1.54, 1.807) is 6.08 Å². The highest BCUT2D eigenvalue weighted by molar-refractivity contribution is 6.09. The molecule has 0 N–H and O–H groups in total. The van der Waals surface area contributed by atoms with Crippen LogP contribution in [0.1, 0.15) is 26.7 Å². The Morgan fingerprint density at radius 1 is 1.56 bits per heavy atom. The molecule has 0 spiro atoms. The zero-order chi connectivity index (χ0) is 12.1. The van der Waals surface area contributed by atoms with E-state index >= 15 is 0 Å². The van der Waals surface area contributed by atoms with Crippen molar-refractivity contribution in [2.75, 3.05) is 7.11 Å². The fraction of sp³-hybridized carbons (Fsp3) is 0.692. The maximum Gasteiger partial charge on any atom is 0.320 e. The third-order valence-electron chi connectivity index (χ3n) is 4.09. The van der Waals surface area contributed by atoms with E-state index in [0.717, 1.165) is 6.42 Å². The van der Waals surface area contributed by atoms with Gasteiger partial charge in [0.2, 0.25) is 0 Å². The highest BCUT2D eigenvalue weighted by Gasteiger charge is 2.75. The summed E-state index contributed by atoms with van der Waals surface area (Å²) in [4.78, 5) is 24.0. The lowest BCUT2D eigenvalue weighted by molar-refractivity contribution is -0.154. The number of Topliss-reactive ketones (excluding diaryl/α,β-unsaturated/α-hetero) is 1. The van der Waals surface area contributed by atoms with Gasteiger partial charge in [0, 0.05) is 12.3 Å². The van der Waals surface area contributed by atoms with Crippen LogP contribution in [0.15, 0.2) is 12.7 Å². The van der Waals surface area contributed by atoms with Gasteiger partial charge in [0.25, 0.3) is 0 Å². The summed E-state index contributed by atoms with van der Waals surface area (Å²) in [7, 11) is 1.35. The van der Waals surface area contributed by atoms with Crippen molar-refractivity contribution in [3.8, 4) is 0 Å². The van der Waals surface area contributed by atoms with Crippen LogP contribution in [0.5, 0.6) is 0 Å². The molecule has 88 valence electrons. The Kier molecular flexibility index (Phi) is 2.26. The molecule has 0 aromatic carbocycles. The molecule has 2 fully saturated rings. The van der Waals surface area contributed by atoms with Gasteiger partial charge in [-0.3, -0.25) is 9.59 Å². The van der Waals surface area contributed by atoms with Gasteiger partial charge in [-0.15, -0.1) is 6.58 Å². The molecule has 3 heteroatoms. The first kappa shape index (κ1) is 11.4. The molecule has 0 bridgehead atoms. The van der Waals surface area contributed by atoms with Crippen LogP contribution in [0.4, 0.5) is 0 Å². The summed E-state index contributed by atoms with van der Waals surface area (Å²) >= 11 is 0. The van der Waals surface area contributed by atoms with Gasteiger partial charge in [-0.25, -0.2) is 0 Å². The number of esters is 1. The number of fused-ring (bicyclic) bond motifs is 1. The number of methoxy groups -OCH3 is 1. The Bertz CT molecular complexity index is 369. The van der Waals surface area contributed by atoms with E-state index in [4.69, 9.17) is 4.74 Å². The molecule has 0 amide bonds. The number of carbonyl (C=O) groups is 2. The predicted octanol–water partition coefficient (Wildman–Crippen LogP) is 1.97. The molecule has 2 aliphatic carbocycles. The largest absolute Gasteiger partial charge is 0.468 e. The fourth-order valence-electron chi connectivity index (χ4n) is 3.34. The van der Waals surface area contributed by atoms with Gasteiger partial charge in [0.05, 0.1) is 7.11 Å². The minimum Gasteiger partial charge on any atom is -0.468 e. The second-order valence-electron chi connectivity index (χ2n) is 5.70. The molecule has 0 heterocycles. The van der Waals surface area contributed by atoms with Crippen LogP contribution in [0.25, 0.3) is 0 Å². The Hall–Kier alpha value is -1.12. The molecule has 0 aromatic rings. The molecule has 3 atom stereocenters. The van der Waals surface area contributed by atoms with Crippen molar-refractivity contribution in [3.05, 3.63) is 12.7 Å². The summed E-state index contributed by atoms with van der Waals surface area (Å²) in [5.74, 6) is -0.253. The molecular formula is C13H18O3. The molecule has 16 heavy (non-hydrogen) atoms. The van der Waals surface area contributed by atoms with Crippen molar-refractivity contribution in [1.82, 2.24) is 0 Å². The van der Waals surface area contributed by atoms with Crippen molar-refractivity contribution in [2.45, 2.75) is 26.7 Å². The molecule has 2 saturated carbocycles. The van der Waals surface area contributed by atoms with Crippen LogP contribution >= 0.6 is 0 Å². The topological polar surface area (TPSA) is 43.4 Å². The number of allylic oxidation sites excluding steroid dienone is 1. The van der Waals surface area contributed by atoms with Crippen LogP contribution < -0.4 is 0 Å². The van der Waals surface area contributed by atoms with Crippen molar-refractivity contribution >= 4 is 11.8 Å². The van der Waals surface area contributed by atoms with E-state index in [1.807, 2.05) is 0 Å².